The molecule has 5 nitrogen and oxygen atoms in total. The zero-order chi connectivity index (χ0) is 13.7. The molecular weight excluding hydrogens is 264 g/mol. The number of nitrogens with zero attached hydrogens (tertiary/aromatic N) is 2. The van der Waals surface area contributed by atoms with E-state index in [-0.39, 0.29) is 5.78 Å². The van der Waals surface area contributed by atoms with Crippen LogP contribution in [0.1, 0.15) is 23.2 Å². The van der Waals surface area contributed by atoms with Gasteiger partial charge in [-0.3, -0.25) is 4.79 Å². The van der Waals surface area contributed by atoms with Gasteiger partial charge in [-0.2, -0.15) is 0 Å². The third kappa shape index (κ3) is 3.82. The quantitative estimate of drug-likeness (QED) is 0.460. The first kappa shape index (κ1) is 13.6. The lowest BCUT2D eigenvalue weighted by atomic mass is 10.1. The smallest absolute Gasteiger partial charge is 0.276 e. The SMILES string of the molecule is CC(=O)c1ccccc1OCCSc1nnc(C)o1. The molecule has 6 heteroatoms. The van der Waals surface area contributed by atoms with Crippen molar-refractivity contribution >= 4 is 17.5 Å². The van der Waals surface area contributed by atoms with Crippen molar-refractivity contribution in [3.8, 4) is 5.75 Å². The summed E-state index contributed by atoms with van der Waals surface area (Å²) in [6.07, 6.45) is 0. The molecule has 2 aromatic rings. The minimum Gasteiger partial charge on any atom is -0.492 e. The average Bonchev–Trinajstić information content (AvgIpc) is 2.81. The minimum atomic E-state index is -0.00391. The highest BCUT2D eigenvalue weighted by Gasteiger charge is 2.08. The lowest BCUT2D eigenvalue weighted by molar-refractivity contribution is 0.101. The number of Topliss-reactive ketones (excluding diaryl/α,β-unsaturated/α-hetero) is 1. The van der Waals surface area contributed by atoms with Gasteiger partial charge in [0.2, 0.25) is 5.89 Å². The molecule has 19 heavy (non-hydrogen) atoms. The van der Waals surface area contributed by atoms with Crippen LogP contribution in [0.3, 0.4) is 0 Å². The Morgan fingerprint density at radius 3 is 2.84 bits per heavy atom. The van der Waals surface area contributed by atoms with Crippen LogP contribution in [0.25, 0.3) is 0 Å². The van der Waals surface area contributed by atoms with Crippen LogP contribution < -0.4 is 4.74 Å². The van der Waals surface area contributed by atoms with Crippen molar-refractivity contribution in [2.45, 2.75) is 19.1 Å². The Labute approximate surface area is 115 Å². The van der Waals surface area contributed by atoms with Crippen LogP contribution in [0, 0.1) is 6.92 Å². The van der Waals surface area contributed by atoms with Gasteiger partial charge in [0.05, 0.1) is 12.2 Å². The molecule has 0 spiro atoms. The number of aryl methyl sites for hydroxylation is 1. The molecule has 0 bridgehead atoms. The Kier molecular flexibility index (Phi) is 4.57. The minimum absolute atomic E-state index is 0.00391. The Morgan fingerprint density at radius 1 is 1.37 bits per heavy atom. The van der Waals surface area contributed by atoms with E-state index in [1.807, 2.05) is 12.1 Å². The third-order valence-corrected chi connectivity index (χ3v) is 3.12. The van der Waals surface area contributed by atoms with E-state index in [1.54, 1.807) is 19.1 Å². The first-order valence-corrected chi connectivity index (χ1v) is 6.81. The number of ketones is 1. The van der Waals surface area contributed by atoms with Crippen LogP contribution in [0.15, 0.2) is 33.9 Å². The second kappa shape index (κ2) is 6.38. The van der Waals surface area contributed by atoms with Crippen LogP contribution in [-0.4, -0.2) is 28.3 Å². The Hall–Kier alpha value is -1.82. The number of aromatic nitrogens is 2. The van der Waals surface area contributed by atoms with Crippen LogP contribution in [-0.2, 0) is 0 Å². The van der Waals surface area contributed by atoms with Crippen molar-refractivity contribution in [2.24, 2.45) is 0 Å². The Bertz CT molecular complexity index is 569. The fourth-order valence-corrected chi connectivity index (χ4v) is 2.12. The molecule has 1 heterocycles. The largest absolute Gasteiger partial charge is 0.492 e. The summed E-state index contributed by atoms with van der Waals surface area (Å²) >= 11 is 1.42. The van der Waals surface area contributed by atoms with Crippen molar-refractivity contribution in [1.29, 1.82) is 0 Å². The van der Waals surface area contributed by atoms with E-state index >= 15 is 0 Å². The van der Waals surface area contributed by atoms with Gasteiger partial charge in [-0.25, -0.2) is 0 Å². The van der Waals surface area contributed by atoms with Gasteiger partial charge >= 0.3 is 0 Å². The number of hydrogen-bond acceptors (Lipinski definition) is 6. The number of carbonyl (C=O) groups excluding carboxylic acids is 1. The van der Waals surface area contributed by atoms with Crippen molar-refractivity contribution in [3.05, 3.63) is 35.7 Å². The van der Waals surface area contributed by atoms with Gasteiger partial charge in [0, 0.05) is 12.7 Å². The van der Waals surface area contributed by atoms with E-state index in [0.29, 0.717) is 34.8 Å². The molecule has 1 aromatic heterocycles. The topological polar surface area (TPSA) is 65.2 Å². The Morgan fingerprint density at radius 2 is 2.16 bits per heavy atom. The predicted molar refractivity (Wildman–Crippen MR) is 71.7 cm³/mol. The normalized spacial score (nSPS) is 10.4. The van der Waals surface area contributed by atoms with E-state index < -0.39 is 0 Å². The standard InChI is InChI=1S/C13H14N2O3S/c1-9(16)11-5-3-4-6-12(11)17-7-8-19-13-15-14-10(2)18-13/h3-6H,7-8H2,1-2H3. The van der Waals surface area contributed by atoms with E-state index in [1.165, 1.54) is 18.7 Å². The summed E-state index contributed by atoms with van der Waals surface area (Å²) in [4.78, 5) is 11.4. The molecule has 0 saturated carbocycles. The molecule has 0 unspecified atom stereocenters. The number of thioether (sulfide) groups is 1. The van der Waals surface area contributed by atoms with Crippen LogP contribution >= 0.6 is 11.8 Å². The molecule has 0 saturated heterocycles. The van der Waals surface area contributed by atoms with Gasteiger partial charge in [0.1, 0.15) is 5.75 Å². The fraction of sp³-hybridized carbons (Fsp3) is 0.308. The number of carbonyl (C=O) groups is 1. The van der Waals surface area contributed by atoms with E-state index in [0.717, 1.165) is 0 Å². The first-order chi connectivity index (χ1) is 9.16. The molecule has 0 aliphatic rings. The highest BCUT2D eigenvalue weighted by Crippen LogP contribution is 2.20. The Balaban J connectivity index is 1.84. The van der Waals surface area contributed by atoms with E-state index in [9.17, 15) is 4.79 Å². The summed E-state index contributed by atoms with van der Waals surface area (Å²) in [5.41, 5.74) is 0.598. The van der Waals surface area contributed by atoms with Crippen LogP contribution in [0.4, 0.5) is 0 Å². The first-order valence-electron chi connectivity index (χ1n) is 5.82. The number of ether oxygens (including phenoxy) is 1. The lowest BCUT2D eigenvalue weighted by Gasteiger charge is -2.08. The molecule has 1 aromatic carbocycles. The number of para-hydroxylation sites is 1. The highest BCUT2D eigenvalue weighted by atomic mass is 32.2. The third-order valence-electron chi connectivity index (χ3n) is 2.34. The van der Waals surface area contributed by atoms with Gasteiger partial charge in [0.25, 0.3) is 5.22 Å². The van der Waals surface area contributed by atoms with Gasteiger partial charge < -0.3 is 9.15 Å². The average molecular weight is 278 g/mol. The molecule has 2 rings (SSSR count). The molecule has 0 aliphatic heterocycles. The van der Waals surface area contributed by atoms with Gasteiger partial charge in [-0.15, -0.1) is 10.2 Å². The van der Waals surface area contributed by atoms with Crippen LogP contribution in [0.2, 0.25) is 0 Å². The molecular formula is C13H14N2O3S. The second-order valence-corrected chi connectivity index (χ2v) is 4.88. The van der Waals surface area contributed by atoms with Gasteiger partial charge in [-0.1, -0.05) is 23.9 Å². The summed E-state index contributed by atoms with van der Waals surface area (Å²) < 4.78 is 10.8. The zero-order valence-electron chi connectivity index (χ0n) is 10.8. The maximum atomic E-state index is 11.4. The maximum absolute atomic E-state index is 11.4. The molecule has 0 atom stereocenters. The van der Waals surface area contributed by atoms with E-state index in [2.05, 4.69) is 10.2 Å². The summed E-state index contributed by atoms with van der Waals surface area (Å²) in [7, 11) is 0. The zero-order valence-corrected chi connectivity index (χ0v) is 11.6. The maximum Gasteiger partial charge on any atom is 0.276 e. The summed E-state index contributed by atoms with van der Waals surface area (Å²) in [5.74, 6) is 1.83. The highest BCUT2D eigenvalue weighted by molar-refractivity contribution is 7.99. The van der Waals surface area contributed by atoms with Gasteiger partial charge in [0.15, 0.2) is 5.78 Å². The summed E-state index contributed by atoms with van der Waals surface area (Å²) in [6, 6.07) is 7.21. The predicted octanol–water partition coefficient (Wildman–Crippen LogP) is 2.75. The van der Waals surface area contributed by atoms with E-state index in [4.69, 9.17) is 9.15 Å². The van der Waals surface area contributed by atoms with Crippen molar-refractivity contribution in [2.75, 3.05) is 12.4 Å². The van der Waals surface area contributed by atoms with Crippen LogP contribution in [0.5, 0.6) is 5.75 Å². The molecule has 0 N–H and O–H groups in total. The summed E-state index contributed by atoms with van der Waals surface area (Å²) in [6.45, 7) is 3.74. The summed E-state index contributed by atoms with van der Waals surface area (Å²) in [5, 5.41) is 8.14. The second-order valence-electron chi connectivity index (χ2n) is 3.84. The monoisotopic (exact) mass is 278 g/mol. The van der Waals surface area contributed by atoms with Crippen molar-refractivity contribution in [3.63, 3.8) is 0 Å². The van der Waals surface area contributed by atoms with Crippen molar-refractivity contribution in [1.82, 2.24) is 10.2 Å². The fourth-order valence-electron chi connectivity index (χ4n) is 1.50. The lowest BCUT2D eigenvalue weighted by Crippen LogP contribution is -2.04. The molecule has 100 valence electrons. The van der Waals surface area contributed by atoms with Gasteiger partial charge in [-0.05, 0) is 19.1 Å². The number of hydrogen-bond donors (Lipinski definition) is 0. The number of rotatable bonds is 6. The molecule has 0 radical (unpaired) electrons. The molecule has 0 aliphatic carbocycles. The number of benzene rings is 1. The molecule has 0 fully saturated rings. The molecule has 0 amide bonds. The van der Waals surface area contributed by atoms with Crippen molar-refractivity contribution < 1.29 is 13.9 Å².